The molecule has 0 aliphatic rings. The molecule has 0 radical (unpaired) electrons. The van der Waals surface area contributed by atoms with Crippen molar-refractivity contribution < 1.29 is 9.53 Å². The summed E-state index contributed by atoms with van der Waals surface area (Å²) >= 11 is 3.33. The Hall–Kier alpha value is -1.62. The molecule has 0 atom stereocenters. The Morgan fingerprint density at radius 2 is 2.26 bits per heavy atom. The molecule has 0 spiro atoms. The van der Waals surface area contributed by atoms with Crippen LogP contribution in [0.15, 0.2) is 35.2 Å². The zero-order valence-electron chi connectivity index (χ0n) is 10.8. The minimum atomic E-state index is 0.330. The second-order valence-electron chi connectivity index (χ2n) is 4.47. The summed E-state index contributed by atoms with van der Waals surface area (Å²) in [6.07, 6.45) is 4.35. The standard InChI is InChI=1S/C14H15BrN2O2/c1-10(2)17-9-16-6-13(17)8-19-14-4-3-12(15)5-11(14)7-18/h3-7,9-10H,8H2,1-2H3. The molecule has 19 heavy (non-hydrogen) atoms. The van der Waals surface area contributed by atoms with Crippen molar-refractivity contribution in [3.8, 4) is 5.75 Å². The fourth-order valence-electron chi connectivity index (χ4n) is 1.80. The summed E-state index contributed by atoms with van der Waals surface area (Å²) in [6, 6.07) is 5.70. The van der Waals surface area contributed by atoms with E-state index in [2.05, 4.69) is 34.8 Å². The van der Waals surface area contributed by atoms with Crippen molar-refractivity contribution in [2.45, 2.75) is 26.5 Å². The van der Waals surface area contributed by atoms with Gasteiger partial charge in [-0.25, -0.2) is 4.98 Å². The second-order valence-corrected chi connectivity index (χ2v) is 5.39. The maximum Gasteiger partial charge on any atom is 0.153 e. The van der Waals surface area contributed by atoms with Crippen LogP contribution in [-0.2, 0) is 6.61 Å². The van der Waals surface area contributed by atoms with Crippen LogP contribution in [0.3, 0.4) is 0 Å². The van der Waals surface area contributed by atoms with Crippen molar-refractivity contribution in [2.75, 3.05) is 0 Å². The van der Waals surface area contributed by atoms with Gasteiger partial charge in [0.1, 0.15) is 12.4 Å². The van der Waals surface area contributed by atoms with Crippen LogP contribution in [-0.4, -0.2) is 15.8 Å². The van der Waals surface area contributed by atoms with Crippen LogP contribution in [0.1, 0.15) is 35.9 Å². The molecule has 2 aromatic rings. The van der Waals surface area contributed by atoms with Gasteiger partial charge in [-0.3, -0.25) is 4.79 Å². The monoisotopic (exact) mass is 322 g/mol. The molecule has 0 aliphatic carbocycles. The maximum absolute atomic E-state index is 11.0. The number of hydrogen-bond acceptors (Lipinski definition) is 3. The lowest BCUT2D eigenvalue weighted by Crippen LogP contribution is -2.07. The first-order chi connectivity index (χ1) is 9.11. The minimum absolute atomic E-state index is 0.330. The molecule has 2 rings (SSSR count). The van der Waals surface area contributed by atoms with Crippen LogP contribution in [0.5, 0.6) is 5.75 Å². The second kappa shape index (κ2) is 6.02. The number of carbonyl (C=O) groups excluding carboxylic acids is 1. The van der Waals surface area contributed by atoms with Gasteiger partial charge in [-0.2, -0.15) is 0 Å². The van der Waals surface area contributed by atoms with Crippen LogP contribution >= 0.6 is 15.9 Å². The lowest BCUT2D eigenvalue weighted by molar-refractivity contribution is 0.111. The summed E-state index contributed by atoms with van der Waals surface area (Å²) in [5.41, 5.74) is 1.51. The average Bonchev–Trinajstić information content (AvgIpc) is 2.85. The predicted molar refractivity (Wildman–Crippen MR) is 76.5 cm³/mol. The van der Waals surface area contributed by atoms with E-state index < -0.39 is 0 Å². The van der Waals surface area contributed by atoms with E-state index in [1.54, 1.807) is 24.7 Å². The number of aromatic nitrogens is 2. The topological polar surface area (TPSA) is 44.1 Å². The Morgan fingerprint density at radius 1 is 1.47 bits per heavy atom. The smallest absolute Gasteiger partial charge is 0.153 e. The van der Waals surface area contributed by atoms with Crippen LogP contribution in [0.25, 0.3) is 0 Å². The molecule has 1 heterocycles. The molecule has 0 N–H and O–H groups in total. The van der Waals surface area contributed by atoms with Gasteiger partial charge in [0.25, 0.3) is 0 Å². The SMILES string of the molecule is CC(C)n1cncc1COc1ccc(Br)cc1C=O. The fraction of sp³-hybridized carbons (Fsp3) is 0.286. The Kier molecular flexibility index (Phi) is 4.37. The highest BCUT2D eigenvalue weighted by molar-refractivity contribution is 9.10. The largest absolute Gasteiger partial charge is 0.487 e. The molecule has 1 aromatic carbocycles. The van der Waals surface area contributed by atoms with E-state index in [1.165, 1.54) is 0 Å². The third-order valence-corrected chi connectivity index (χ3v) is 3.27. The van der Waals surface area contributed by atoms with Gasteiger partial charge in [0.05, 0.1) is 23.8 Å². The molecule has 1 aromatic heterocycles. The van der Waals surface area contributed by atoms with Crippen molar-refractivity contribution in [2.24, 2.45) is 0 Å². The molecule has 0 fully saturated rings. The predicted octanol–water partition coefficient (Wildman–Crippen LogP) is 3.62. The summed E-state index contributed by atoms with van der Waals surface area (Å²) in [4.78, 5) is 15.1. The molecule has 0 saturated heterocycles. The summed E-state index contributed by atoms with van der Waals surface area (Å²) < 4.78 is 8.60. The lowest BCUT2D eigenvalue weighted by Gasteiger charge is -2.13. The van der Waals surface area contributed by atoms with Crippen molar-refractivity contribution >= 4 is 22.2 Å². The van der Waals surface area contributed by atoms with E-state index in [9.17, 15) is 4.79 Å². The Bertz CT molecular complexity index is 579. The van der Waals surface area contributed by atoms with Crippen LogP contribution in [0.2, 0.25) is 0 Å². The highest BCUT2D eigenvalue weighted by atomic mass is 79.9. The summed E-state index contributed by atoms with van der Waals surface area (Å²) in [5.74, 6) is 0.578. The van der Waals surface area contributed by atoms with Crippen LogP contribution in [0, 0.1) is 0 Å². The summed E-state index contributed by atoms with van der Waals surface area (Å²) in [5, 5.41) is 0. The van der Waals surface area contributed by atoms with Gasteiger partial charge in [-0.1, -0.05) is 15.9 Å². The van der Waals surface area contributed by atoms with Gasteiger partial charge >= 0.3 is 0 Å². The average molecular weight is 323 g/mol. The molecule has 4 nitrogen and oxygen atoms in total. The van der Waals surface area contributed by atoms with Gasteiger partial charge in [0.15, 0.2) is 6.29 Å². The summed E-state index contributed by atoms with van der Waals surface area (Å²) in [6.45, 7) is 4.56. The zero-order chi connectivity index (χ0) is 13.8. The van der Waals surface area contributed by atoms with E-state index in [0.717, 1.165) is 16.5 Å². The molecular formula is C14H15BrN2O2. The Labute approximate surface area is 120 Å². The van der Waals surface area contributed by atoms with E-state index in [1.807, 2.05) is 10.6 Å². The highest BCUT2D eigenvalue weighted by Gasteiger charge is 2.08. The first-order valence-electron chi connectivity index (χ1n) is 6.00. The highest BCUT2D eigenvalue weighted by Crippen LogP contribution is 2.23. The number of benzene rings is 1. The van der Waals surface area contributed by atoms with E-state index in [0.29, 0.717) is 24.0 Å². The number of aldehydes is 1. The molecule has 0 aliphatic heterocycles. The van der Waals surface area contributed by atoms with Crippen molar-refractivity contribution in [1.29, 1.82) is 0 Å². The number of ether oxygens (including phenoxy) is 1. The molecule has 0 amide bonds. The number of carbonyl (C=O) groups is 1. The number of halogens is 1. The van der Waals surface area contributed by atoms with Crippen molar-refractivity contribution in [3.63, 3.8) is 0 Å². The Morgan fingerprint density at radius 3 is 2.95 bits per heavy atom. The molecule has 0 unspecified atom stereocenters. The minimum Gasteiger partial charge on any atom is -0.487 e. The third-order valence-electron chi connectivity index (χ3n) is 2.78. The lowest BCUT2D eigenvalue weighted by atomic mass is 10.2. The fourth-order valence-corrected chi connectivity index (χ4v) is 2.18. The van der Waals surface area contributed by atoms with Gasteiger partial charge in [0, 0.05) is 10.5 Å². The number of hydrogen-bond donors (Lipinski definition) is 0. The first kappa shape index (κ1) is 13.8. The first-order valence-corrected chi connectivity index (χ1v) is 6.79. The number of imidazole rings is 1. The Balaban J connectivity index is 2.14. The molecular weight excluding hydrogens is 308 g/mol. The van der Waals surface area contributed by atoms with E-state index >= 15 is 0 Å². The van der Waals surface area contributed by atoms with Crippen LogP contribution < -0.4 is 4.74 Å². The van der Waals surface area contributed by atoms with Crippen molar-refractivity contribution in [1.82, 2.24) is 9.55 Å². The normalized spacial score (nSPS) is 10.7. The van der Waals surface area contributed by atoms with Crippen molar-refractivity contribution in [3.05, 3.63) is 46.5 Å². The molecule has 0 bridgehead atoms. The van der Waals surface area contributed by atoms with E-state index in [4.69, 9.17) is 4.74 Å². The number of rotatable bonds is 5. The molecule has 0 saturated carbocycles. The quantitative estimate of drug-likeness (QED) is 0.790. The van der Waals surface area contributed by atoms with Gasteiger partial charge < -0.3 is 9.30 Å². The summed E-state index contributed by atoms with van der Waals surface area (Å²) in [7, 11) is 0. The van der Waals surface area contributed by atoms with Crippen LogP contribution in [0.4, 0.5) is 0 Å². The van der Waals surface area contributed by atoms with Gasteiger partial charge in [0.2, 0.25) is 0 Å². The molecule has 100 valence electrons. The third kappa shape index (κ3) is 3.23. The maximum atomic E-state index is 11.0. The van der Waals surface area contributed by atoms with E-state index in [-0.39, 0.29) is 0 Å². The molecule has 5 heteroatoms. The van der Waals surface area contributed by atoms with Gasteiger partial charge in [-0.05, 0) is 32.0 Å². The number of nitrogens with zero attached hydrogens (tertiary/aromatic N) is 2. The van der Waals surface area contributed by atoms with Gasteiger partial charge in [-0.15, -0.1) is 0 Å². The zero-order valence-corrected chi connectivity index (χ0v) is 12.4.